The predicted molar refractivity (Wildman–Crippen MR) is 134 cm³/mol. The van der Waals surface area contributed by atoms with E-state index in [1.807, 2.05) is 6.92 Å². The Morgan fingerprint density at radius 2 is 1.85 bits per heavy atom. The number of piperidine rings is 1. The Bertz CT molecular complexity index is 1130. The maximum absolute atomic E-state index is 13.0. The molecule has 2 aromatic carbocycles. The Labute approximate surface area is 202 Å². The maximum Gasteiger partial charge on any atom is 0.226 e. The van der Waals surface area contributed by atoms with Crippen molar-refractivity contribution in [1.82, 2.24) is 15.2 Å². The van der Waals surface area contributed by atoms with E-state index in [1.54, 1.807) is 0 Å². The number of carbonyl (C=O) groups excluding carboxylic acids is 1. The van der Waals surface area contributed by atoms with Gasteiger partial charge in [0.15, 0.2) is 0 Å². The van der Waals surface area contributed by atoms with E-state index in [-0.39, 0.29) is 17.9 Å². The van der Waals surface area contributed by atoms with Gasteiger partial charge in [0.05, 0.1) is 11.7 Å². The Morgan fingerprint density at radius 1 is 1.09 bits per heavy atom. The van der Waals surface area contributed by atoms with Gasteiger partial charge in [0.25, 0.3) is 0 Å². The molecule has 2 aliphatic rings. The van der Waals surface area contributed by atoms with Crippen LogP contribution in [0.5, 0.6) is 0 Å². The third-order valence-electron chi connectivity index (χ3n) is 7.52. The van der Waals surface area contributed by atoms with Crippen molar-refractivity contribution in [3.05, 3.63) is 76.7 Å². The molecule has 1 N–H and O–H groups in total. The smallest absolute Gasteiger partial charge is 0.226 e. The molecule has 5 nitrogen and oxygen atoms in total. The zero-order chi connectivity index (χ0) is 23.5. The molecule has 2 heterocycles. The molecule has 1 aliphatic carbocycles. The number of rotatable bonds is 6. The first-order chi connectivity index (χ1) is 16.6. The van der Waals surface area contributed by atoms with E-state index in [0.29, 0.717) is 5.89 Å². The summed E-state index contributed by atoms with van der Waals surface area (Å²) in [7, 11) is 0. The number of hydrogen-bond acceptors (Lipinski definition) is 4. The van der Waals surface area contributed by atoms with Crippen LogP contribution in [0.3, 0.4) is 0 Å². The van der Waals surface area contributed by atoms with Gasteiger partial charge in [0.2, 0.25) is 11.8 Å². The number of nitrogens with one attached hydrogen (secondary N) is 1. The molecule has 0 spiro atoms. The highest BCUT2D eigenvalue weighted by Crippen LogP contribution is 2.31. The summed E-state index contributed by atoms with van der Waals surface area (Å²) in [6, 6.07) is 17.2. The van der Waals surface area contributed by atoms with Crippen LogP contribution in [0.25, 0.3) is 11.5 Å². The highest BCUT2D eigenvalue weighted by molar-refractivity contribution is 5.79. The maximum atomic E-state index is 13.0. The molecule has 1 aliphatic heterocycles. The van der Waals surface area contributed by atoms with Gasteiger partial charge < -0.3 is 9.73 Å². The second kappa shape index (κ2) is 10.1. The number of amides is 1. The van der Waals surface area contributed by atoms with Gasteiger partial charge in [-0.05, 0) is 87.4 Å². The molecule has 0 bridgehead atoms. The van der Waals surface area contributed by atoms with Crippen LogP contribution >= 0.6 is 0 Å². The Morgan fingerprint density at radius 3 is 2.62 bits per heavy atom. The third kappa shape index (κ3) is 4.95. The van der Waals surface area contributed by atoms with E-state index in [0.717, 1.165) is 75.2 Å². The van der Waals surface area contributed by atoms with Crippen molar-refractivity contribution in [2.45, 2.75) is 65.0 Å². The summed E-state index contributed by atoms with van der Waals surface area (Å²) in [4.78, 5) is 20.2. The van der Waals surface area contributed by atoms with Crippen LogP contribution in [0.15, 0.2) is 52.9 Å². The van der Waals surface area contributed by atoms with Gasteiger partial charge in [0.1, 0.15) is 5.76 Å². The van der Waals surface area contributed by atoms with Crippen LogP contribution in [0.2, 0.25) is 0 Å². The first-order valence-corrected chi connectivity index (χ1v) is 12.8. The van der Waals surface area contributed by atoms with E-state index in [9.17, 15) is 4.79 Å². The average molecular weight is 458 g/mol. The predicted octanol–water partition coefficient (Wildman–Crippen LogP) is 5.62. The molecule has 1 fully saturated rings. The normalized spacial score (nSPS) is 19.1. The minimum Gasteiger partial charge on any atom is -0.441 e. The molecule has 1 amide bonds. The molecule has 34 heavy (non-hydrogen) atoms. The topological polar surface area (TPSA) is 58.4 Å². The van der Waals surface area contributed by atoms with Crippen molar-refractivity contribution in [3.63, 3.8) is 0 Å². The number of aromatic nitrogens is 1. The third-order valence-corrected chi connectivity index (χ3v) is 7.52. The Balaban J connectivity index is 1.15. The fraction of sp³-hybridized carbons (Fsp3) is 0.448. The number of hydrogen-bond donors (Lipinski definition) is 1. The van der Waals surface area contributed by atoms with Gasteiger partial charge in [-0.3, -0.25) is 9.69 Å². The fourth-order valence-corrected chi connectivity index (χ4v) is 5.34. The van der Waals surface area contributed by atoms with Crippen LogP contribution in [0.1, 0.15) is 66.8 Å². The number of nitrogens with zero attached hydrogens (tertiary/aromatic N) is 2. The van der Waals surface area contributed by atoms with Gasteiger partial charge in [-0.1, -0.05) is 43.3 Å². The summed E-state index contributed by atoms with van der Waals surface area (Å²) in [5, 5.41) is 3.36. The lowest BCUT2D eigenvalue weighted by atomic mass is 9.87. The minimum atomic E-state index is 0.0939. The van der Waals surface area contributed by atoms with Crippen molar-refractivity contribution in [2.75, 3.05) is 13.1 Å². The summed E-state index contributed by atoms with van der Waals surface area (Å²) in [5.41, 5.74) is 6.02. The first kappa shape index (κ1) is 22.9. The van der Waals surface area contributed by atoms with Gasteiger partial charge in [-0.25, -0.2) is 4.98 Å². The lowest BCUT2D eigenvalue weighted by Gasteiger charge is -2.33. The molecule has 5 rings (SSSR count). The number of benzene rings is 2. The van der Waals surface area contributed by atoms with Gasteiger partial charge in [-0.15, -0.1) is 0 Å². The lowest BCUT2D eigenvalue weighted by molar-refractivity contribution is -0.127. The van der Waals surface area contributed by atoms with E-state index >= 15 is 0 Å². The minimum absolute atomic E-state index is 0.0939. The summed E-state index contributed by atoms with van der Waals surface area (Å²) < 4.78 is 5.99. The van der Waals surface area contributed by atoms with E-state index in [1.165, 1.54) is 16.7 Å². The molecular weight excluding hydrogens is 422 g/mol. The monoisotopic (exact) mass is 457 g/mol. The summed E-state index contributed by atoms with van der Waals surface area (Å²) in [6.45, 7) is 6.74. The number of aryl methyl sites for hydroxylation is 3. The number of fused-ring (bicyclic) bond motifs is 1. The molecule has 1 aromatic heterocycles. The first-order valence-electron chi connectivity index (χ1n) is 12.8. The quantitative estimate of drug-likeness (QED) is 0.522. The number of likely N-dealkylation sites (tertiary alicyclic amines) is 1. The van der Waals surface area contributed by atoms with Crippen LogP contribution in [-0.2, 0) is 24.2 Å². The molecular formula is C29H35N3O2. The van der Waals surface area contributed by atoms with E-state index in [4.69, 9.17) is 9.40 Å². The summed E-state index contributed by atoms with van der Waals surface area (Å²) in [5.74, 6) is 1.88. The Hall–Kier alpha value is -2.92. The van der Waals surface area contributed by atoms with E-state index < -0.39 is 0 Å². The van der Waals surface area contributed by atoms with Gasteiger partial charge in [-0.2, -0.15) is 0 Å². The van der Waals surface area contributed by atoms with Crippen LogP contribution in [-0.4, -0.2) is 28.9 Å². The largest absolute Gasteiger partial charge is 0.441 e. The van der Waals surface area contributed by atoms with Gasteiger partial charge in [0, 0.05) is 18.0 Å². The molecule has 1 saturated heterocycles. The van der Waals surface area contributed by atoms with Crippen LogP contribution < -0.4 is 5.32 Å². The molecule has 0 saturated carbocycles. The molecule has 5 heteroatoms. The Kier molecular flexibility index (Phi) is 6.82. The van der Waals surface area contributed by atoms with Crippen LogP contribution in [0.4, 0.5) is 0 Å². The van der Waals surface area contributed by atoms with E-state index in [2.05, 4.69) is 65.7 Å². The molecule has 178 valence electrons. The van der Waals surface area contributed by atoms with Crippen LogP contribution in [0, 0.1) is 12.8 Å². The van der Waals surface area contributed by atoms with Gasteiger partial charge >= 0.3 is 0 Å². The second-order valence-corrected chi connectivity index (χ2v) is 9.78. The molecule has 0 radical (unpaired) electrons. The molecule has 3 aromatic rings. The lowest BCUT2D eigenvalue weighted by Crippen LogP contribution is -2.42. The molecule has 0 unspecified atom stereocenters. The highest BCUT2D eigenvalue weighted by atomic mass is 16.4. The molecule has 1 atom stereocenters. The van der Waals surface area contributed by atoms with Crippen molar-refractivity contribution in [1.29, 1.82) is 0 Å². The second-order valence-electron chi connectivity index (χ2n) is 9.78. The van der Waals surface area contributed by atoms with Crippen molar-refractivity contribution >= 4 is 5.91 Å². The average Bonchev–Trinajstić information content (AvgIpc) is 3.24. The number of oxazole rings is 1. The highest BCUT2D eigenvalue weighted by Gasteiger charge is 2.29. The summed E-state index contributed by atoms with van der Waals surface area (Å²) >= 11 is 0. The zero-order valence-corrected chi connectivity index (χ0v) is 20.3. The van der Waals surface area contributed by atoms with Crippen molar-refractivity contribution < 1.29 is 9.21 Å². The zero-order valence-electron chi connectivity index (χ0n) is 20.3. The van der Waals surface area contributed by atoms with Crippen molar-refractivity contribution in [2.24, 2.45) is 5.92 Å². The van der Waals surface area contributed by atoms with Crippen molar-refractivity contribution in [3.8, 4) is 11.5 Å². The standard InChI is InChI=1S/C29H35N3O2/c1-3-21-11-13-24(14-12-21)29-31-27(20(2)34-29)19-32-17-15-23(16-18-32)28(33)30-26-10-6-8-22-7-4-5-9-25(22)26/h4-5,7,9,11-14,23,26H,3,6,8,10,15-19H2,1-2H3,(H,30,33)/t26-/m0/s1. The summed E-state index contributed by atoms with van der Waals surface area (Å²) in [6.07, 6.45) is 6.11. The number of carbonyl (C=O) groups is 1. The fourth-order valence-electron chi connectivity index (χ4n) is 5.34. The SMILES string of the molecule is CCc1ccc(-c2nc(CN3CCC(C(=O)N[C@H]4CCCc5ccccc54)CC3)c(C)o2)cc1.